The summed E-state index contributed by atoms with van der Waals surface area (Å²) in [6.07, 6.45) is 4.86. The Morgan fingerprint density at radius 1 is 1.25 bits per heavy atom. The van der Waals surface area contributed by atoms with Crippen molar-refractivity contribution in [3.05, 3.63) is 0 Å². The normalized spacial score (nSPS) is 26.6. The number of piperidine rings is 1. The van der Waals surface area contributed by atoms with Crippen LogP contribution in [0, 0.1) is 23.7 Å². The zero-order valence-electron chi connectivity index (χ0n) is 12.5. The van der Waals surface area contributed by atoms with Gasteiger partial charge in [-0.15, -0.1) is 0 Å². The molecule has 2 fully saturated rings. The third-order valence-corrected chi connectivity index (χ3v) is 3.69. The fraction of sp³-hybridized carbons (Fsp3) is 0.812. The zero-order valence-corrected chi connectivity index (χ0v) is 12.5. The lowest BCUT2D eigenvalue weighted by atomic mass is 9.82. The van der Waals surface area contributed by atoms with Crippen molar-refractivity contribution in [3.8, 4) is 11.8 Å². The molecule has 2 aliphatic rings. The molecule has 1 saturated carbocycles. The summed E-state index contributed by atoms with van der Waals surface area (Å²) >= 11 is 0. The largest absolute Gasteiger partial charge is 0.456 e. The smallest absolute Gasteiger partial charge is 0.384 e. The first-order chi connectivity index (χ1) is 9.63. The van der Waals surface area contributed by atoms with E-state index in [9.17, 15) is 4.79 Å². The highest BCUT2D eigenvalue weighted by Gasteiger charge is 2.31. The van der Waals surface area contributed by atoms with Gasteiger partial charge in [-0.25, -0.2) is 4.79 Å². The fourth-order valence-corrected chi connectivity index (χ4v) is 2.44. The first-order valence-electron chi connectivity index (χ1n) is 7.68. The summed E-state index contributed by atoms with van der Waals surface area (Å²) in [4.78, 5) is 11.4. The number of hydrogen-bond donors (Lipinski definition) is 1. The Kier molecular flexibility index (Phi) is 5.87. The molecule has 4 nitrogen and oxygen atoms in total. The summed E-state index contributed by atoms with van der Waals surface area (Å²) in [6, 6.07) is 0. The van der Waals surface area contributed by atoms with E-state index in [1.807, 2.05) is 13.8 Å². The Labute approximate surface area is 121 Å². The van der Waals surface area contributed by atoms with Crippen molar-refractivity contribution in [3.63, 3.8) is 0 Å². The first kappa shape index (κ1) is 15.3. The van der Waals surface area contributed by atoms with Gasteiger partial charge in [-0.05, 0) is 44.7 Å². The molecule has 0 atom stereocenters. The van der Waals surface area contributed by atoms with E-state index in [1.54, 1.807) is 0 Å². The highest BCUT2D eigenvalue weighted by molar-refractivity contribution is 5.88. The molecule has 0 aromatic heterocycles. The second-order valence-electron chi connectivity index (χ2n) is 6.14. The third-order valence-electron chi connectivity index (χ3n) is 3.69. The Morgan fingerprint density at radius 3 is 2.60 bits per heavy atom. The number of carbonyl (C=O) groups excluding carboxylic acids is 1. The molecular formula is C16H25NO3. The molecule has 0 aromatic rings. The Bertz CT molecular complexity index is 371. The van der Waals surface area contributed by atoms with Crippen molar-refractivity contribution in [2.75, 3.05) is 19.7 Å². The molecule has 0 unspecified atom stereocenters. The van der Waals surface area contributed by atoms with Crippen molar-refractivity contribution in [2.24, 2.45) is 11.8 Å². The number of rotatable bonds is 4. The van der Waals surface area contributed by atoms with Gasteiger partial charge in [0.1, 0.15) is 0 Å². The zero-order chi connectivity index (χ0) is 14.4. The molecule has 1 heterocycles. The van der Waals surface area contributed by atoms with E-state index in [4.69, 9.17) is 9.47 Å². The van der Waals surface area contributed by atoms with Gasteiger partial charge in [0.05, 0.1) is 18.8 Å². The van der Waals surface area contributed by atoms with Crippen LogP contribution in [0.4, 0.5) is 0 Å². The van der Waals surface area contributed by atoms with Crippen molar-refractivity contribution in [1.29, 1.82) is 0 Å². The molecule has 112 valence electrons. The Balaban J connectivity index is 1.60. The van der Waals surface area contributed by atoms with Crippen LogP contribution >= 0.6 is 0 Å². The lowest BCUT2D eigenvalue weighted by Gasteiger charge is -2.36. The monoisotopic (exact) mass is 279 g/mol. The molecular weight excluding hydrogens is 254 g/mol. The quantitative estimate of drug-likeness (QED) is 0.484. The molecule has 0 amide bonds. The Morgan fingerprint density at radius 2 is 1.95 bits per heavy atom. The van der Waals surface area contributed by atoms with Crippen LogP contribution in [0.25, 0.3) is 0 Å². The van der Waals surface area contributed by atoms with Crippen molar-refractivity contribution < 1.29 is 14.3 Å². The predicted octanol–water partition coefficient (Wildman–Crippen LogP) is 1.74. The average molecular weight is 279 g/mol. The van der Waals surface area contributed by atoms with E-state index in [0.717, 1.165) is 38.8 Å². The highest BCUT2D eigenvalue weighted by atomic mass is 16.5. The van der Waals surface area contributed by atoms with Gasteiger partial charge in [-0.3, -0.25) is 0 Å². The summed E-state index contributed by atoms with van der Waals surface area (Å²) in [5, 5.41) is 3.33. The molecule has 4 heteroatoms. The Hall–Kier alpha value is -1.05. The summed E-state index contributed by atoms with van der Waals surface area (Å²) in [6.45, 7) is 6.58. The molecule has 0 spiro atoms. The number of carbonyl (C=O) groups is 1. The lowest BCUT2D eigenvalue weighted by molar-refractivity contribution is -0.137. The number of esters is 1. The van der Waals surface area contributed by atoms with Crippen LogP contribution in [0.2, 0.25) is 0 Å². The summed E-state index contributed by atoms with van der Waals surface area (Å²) < 4.78 is 11.0. The molecule has 1 saturated heterocycles. The van der Waals surface area contributed by atoms with Gasteiger partial charge in [0, 0.05) is 11.8 Å². The van der Waals surface area contributed by atoms with Crippen molar-refractivity contribution in [2.45, 2.75) is 51.7 Å². The van der Waals surface area contributed by atoms with E-state index in [0.29, 0.717) is 30.7 Å². The van der Waals surface area contributed by atoms with Crippen LogP contribution in [-0.2, 0) is 14.3 Å². The maximum absolute atomic E-state index is 11.4. The van der Waals surface area contributed by atoms with Gasteiger partial charge in [-0.1, -0.05) is 19.8 Å². The van der Waals surface area contributed by atoms with E-state index in [-0.39, 0.29) is 0 Å². The average Bonchev–Trinajstić information content (AvgIpc) is 2.40. The minimum absolute atomic E-state index is 0.299. The molecule has 1 aliphatic heterocycles. The van der Waals surface area contributed by atoms with E-state index < -0.39 is 5.97 Å². The summed E-state index contributed by atoms with van der Waals surface area (Å²) in [5.41, 5.74) is 0. The van der Waals surface area contributed by atoms with Crippen LogP contribution in [0.3, 0.4) is 0 Å². The molecule has 0 aromatic carbocycles. The second-order valence-corrected chi connectivity index (χ2v) is 6.14. The van der Waals surface area contributed by atoms with E-state index >= 15 is 0 Å². The van der Waals surface area contributed by atoms with Crippen LogP contribution < -0.4 is 5.32 Å². The van der Waals surface area contributed by atoms with E-state index in [2.05, 4.69) is 17.2 Å². The van der Waals surface area contributed by atoms with E-state index in [1.165, 1.54) is 0 Å². The molecule has 0 bridgehead atoms. The highest BCUT2D eigenvalue weighted by Crippen LogP contribution is 2.31. The predicted molar refractivity (Wildman–Crippen MR) is 77.1 cm³/mol. The second kappa shape index (κ2) is 7.66. The van der Waals surface area contributed by atoms with Crippen molar-refractivity contribution in [1.82, 2.24) is 5.32 Å². The number of hydrogen-bond acceptors (Lipinski definition) is 4. The molecule has 1 N–H and O–H groups in total. The molecule has 20 heavy (non-hydrogen) atoms. The van der Waals surface area contributed by atoms with Crippen LogP contribution in [0.1, 0.15) is 39.5 Å². The van der Waals surface area contributed by atoms with Gasteiger partial charge >= 0.3 is 5.97 Å². The minimum atomic E-state index is -0.401. The third kappa shape index (κ3) is 5.15. The summed E-state index contributed by atoms with van der Waals surface area (Å²) in [7, 11) is 0. The summed E-state index contributed by atoms with van der Waals surface area (Å²) in [5.74, 6) is 5.83. The standard InChI is InChI=1S/C16H25NO3/c1-12(2)11-19-16(18)4-3-13-9-15(10-13)20-14-5-7-17-8-6-14/h12-15,17H,5-11H2,1-2H3/t13-,15-. The maximum Gasteiger partial charge on any atom is 0.384 e. The number of nitrogens with one attached hydrogen (secondary N) is 1. The van der Waals surface area contributed by atoms with Gasteiger partial charge in [0.25, 0.3) is 0 Å². The first-order valence-corrected chi connectivity index (χ1v) is 7.68. The van der Waals surface area contributed by atoms with Gasteiger partial charge in [0.2, 0.25) is 0 Å². The molecule has 1 aliphatic carbocycles. The number of ether oxygens (including phenoxy) is 2. The van der Waals surface area contributed by atoms with Crippen LogP contribution in [0.15, 0.2) is 0 Å². The minimum Gasteiger partial charge on any atom is -0.456 e. The topological polar surface area (TPSA) is 47.6 Å². The molecule has 2 rings (SSSR count). The molecule has 0 radical (unpaired) electrons. The van der Waals surface area contributed by atoms with Crippen LogP contribution in [0.5, 0.6) is 0 Å². The maximum atomic E-state index is 11.4. The lowest BCUT2D eigenvalue weighted by Crippen LogP contribution is -2.39. The van der Waals surface area contributed by atoms with Crippen LogP contribution in [-0.4, -0.2) is 37.9 Å². The van der Waals surface area contributed by atoms with Gasteiger partial charge in [-0.2, -0.15) is 0 Å². The SMILES string of the molecule is CC(C)COC(=O)C#C[C@H]1C[C@H](OC2CCNCC2)C1. The fourth-order valence-electron chi connectivity index (χ4n) is 2.44. The van der Waals surface area contributed by atoms with Gasteiger partial charge in [0.15, 0.2) is 0 Å². The van der Waals surface area contributed by atoms with Gasteiger partial charge < -0.3 is 14.8 Å². The van der Waals surface area contributed by atoms with Crippen molar-refractivity contribution >= 4 is 5.97 Å².